The van der Waals surface area contributed by atoms with E-state index in [1.165, 1.54) is 4.90 Å². The van der Waals surface area contributed by atoms with Gasteiger partial charge in [0.2, 0.25) is 0 Å². The molecule has 0 spiro atoms. The highest BCUT2D eigenvalue weighted by Gasteiger charge is 2.32. The first-order valence-corrected chi connectivity index (χ1v) is 11.0. The van der Waals surface area contributed by atoms with Crippen molar-refractivity contribution in [3.63, 3.8) is 0 Å². The van der Waals surface area contributed by atoms with Crippen molar-refractivity contribution in [3.05, 3.63) is 70.3 Å². The summed E-state index contributed by atoms with van der Waals surface area (Å²) >= 11 is 0. The molecule has 0 radical (unpaired) electrons. The predicted octanol–water partition coefficient (Wildman–Crippen LogP) is 3.24. The molecule has 174 valence electrons. The standard InChI is InChI=1S/C26H31N3O4/c1-26(2,3)22-10-7-18(11-20(22)13-27)12-23(31)24(28-25(32)29-14-21(30)15-29)19-8-5-17(6-9-19)16-33-4/h5-11,21,24,30H,12,14-16H2,1-4H3,(H,28,32). The van der Waals surface area contributed by atoms with E-state index in [-0.39, 0.29) is 36.7 Å². The van der Waals surface area contributed by atoms with E-state index in [0.717, 1.165) is 16.7 Å². The van der Waals surface area contributed by atoms with E-state index >= 15 is 0 Å². The normalized spacial score (nSPS) is 14.8. The molecule has 0 saturated carbocycles. The zero-order valence-corrected chi connectivity index (χ0v) is 19.6. The molecule has 2 aromatic carbocycles. The molecule has 1 aliphatic heterocycles. The summed E-state index contributed by atoms with van der Waals surface area (Å²) in [5, 5.41) is 21.9. The van der Waals surface area contributed by atoms with Crippen molar-refractivity contribution in [1.82, 2.24) is 10.2 Å². The predicted molar refractivity (Wildman–Crippen MR) is 125 cm³/mol. The van der Waals surface area contributed by atoms with Gasteiger partial charge in [0.15, 0.2) is 5.78 Å². The molecule has 0 bridgehead atoms. The van der Waals surface area contributed by atoms with Crippen molar-refractivity contribution >= 4 is 11.8 Å². The molecule has 2 N–H and O–H groups in total. The Balaban J connectivity index is 1.84. The van der Waals surface area contributed by atoms with E-state index in [9.17, 15) is 20.0 Å². The molecule has 0 aliphatic carbocycles. The Kier molecular flexibility index (Phi) is 7.52. The Morgan fingerprint density at radius 2 is 1.82 bits per heavy atom. The van der Waals surface area contributed by atoms with Gasteiger partial charge >= 0.3 is 6.03 Å². The highest BCUT2D eigenvalue weighted by Crippen LogP contribution is 2.27. The van der Waals surface area contributed by atoms with Gasteiger partial charge in [0, 0.05) is 13.5 Å². The molecule has 2 amide bonds. The number of carbonyl (C=O) groups excluding carboxylic acids is 2. The molecule has 1 saturated heterocycles. The number of carbonyl (C=O) groups is 2. The molecule has 2 aromatic rings. The summed E-state index contributed by atoms with van der Waals surface area (Å²) in [4.78, 5) is 27.4. The Bertz CT molecular complexity index is 1040. The van der Waals surface area contributed by atoms with Gasteiger partial charge in [-0.25, -0.2) is 4.79 Å². The first-order chi connectivity index (χ1) is 15.6. The molecule has 1 unspecified atom stereocenters. The van der Waals surface area contributed by atoms with Crippen molar-refractivity contribution in [2.45, 2.75) is 51.4 Å². The highest BCUT2D eigenvalue weighted by atomic mass is 16.5. The average molecular weight is 450 g/mol. The van der Waals surface area contributed by atoms with Crippen LogP contribution in [0.15, 0.2) is 42.5 Å². The van der Waals surface area contributed by atoms with Gasteiger partial charge in [-0.3, -0.25) is 4.79 Å². The number of amides is 2. The summed E-state index contributed by atoms with van der Waals surface area (Å²) in [5.74, 6) is -0.184. The summed E-state index contributed by atoms with van der Waals surface area (Å²) < 4.78 is 5.14. The van der Waals surface area contributed by atoms with E-state index in [4.69, 9.17) is 4.74 Å². The molecule has 7 nitrogen and oxygen atoms in total. The molecule has 33 heavy (non-hydrogen) atoms. The monoisotopic (exact) mass is 449 g/mol. The largest absolute Gasteiger partial charge is 0.389 e. The van der Waals surface area contributed by atoms with Crippen LogP contribution in [0.1, 0.15) is 54.6 Å². The van der Waals surface area contributed by atoms with E-state index in [1.54, 1.807) is 13.2 Å². The Morgan fingerprint density at radius 1 is 1.18 bits per heavy atom. The minimum absolute atomic E-state index is 0.0759. The number of aliphatic hydroxyl groups is 1. The van der Waals surface area contributed by atoms with Gasteiger partial charge in [0.1, 0.15) is 6.04 Å². The fourth-order valence-corrected chi connectivity index (χ4v) is 3.91. The molecule has 1 fully saturated rings. The third-order valence-corrected chi connectivity index (χ3v) is 5.75. The highest BCUT2D eigenvalue weighted by molar-refractivity contribution is 5.91. The Hall–Kier alpha value is -3.21. The third-order valence-electron chi connectivity index (χ3n) is 5.75. The van der Waals surface area contributed by atoms with E-state index in [1.807, 2.05) is 57.2 Å². The second-order valence-corrected chi connectivity index (χ2v) is 9.50. The Labute approximate surface area is 195 Å². The number of nitrogens with zero attached hydrogens (tertiary/aromatic N) is 2. The third kappa shape index (κ3) is 5.98. The lowest BCUT2D eigenvalue weighted by atomic mass is 9.83. The summed E-state index contributed by atoms with van der Waals surface area (Å²) in [7, 11) is 1.61. The fraction of sp³-hybridized carbons (Fsp3) is 0.423. The van der Waals surface area contributed by atoms with Gasteiger partial charge < -0.3 is 20.1 Å². The van der Waals surface area contributed by atoms with Crippen molar-refractivity contribution < 1.29 is 19.4 Å². The maximum atomic E-state index is 13.3. The average Bonchev–Trinajstić information content (AvgIpc) is 2.75. The van der Waals surface area contributed by atoms with Crippen molar-refractivity contribution in [2.75, 3.05) is 20.2 Å². The number of methoxy groups -OCH3 is 1. The smallest absolute Gasteiger partial charge is 0.318 e. The number of ketones is 1. The molecular weight excluding hydrogens is 418 g/mol. The van der Waals surface area contributed by atoms with Gasteiger partial charge in [-0.05, 0) is 33.7 Å². The van der Waals surface area contributed by atoms with Crippen molar-refractivity contribution in [1.29, 1.82) is 5.26 Å². The van der Waals surface area contributed by atoms with Crippen LogP contribution in [0.25, 0.3) is 0 Å². The van der Waals surface area contributed by atoms with Crippen LogP contribution in [0, 0.1) is 11.3 Å². The first-order valence-electron chi connectivity index (χ1n) is 11.0. The van der Waals surface area contributed by atoms with Crippen molar-refractivity contribution in [3.8, 4) is 6.07 Å². The van der Waals surface area contributed by atoms with Crippen LogP contribution in [0.4, 0.5) is 4.79 Å². The van der Waals surface area contributed by atoms with E-state index < -0.39 is 12.1 Å². The van der Waals surface area contributed by atoms with Crippen LogP contribution < -0.4 is 5.32 Å². The Morgan fingerprint density at radius 3 is 2.36 bits per heavy atom. The van der Waals surface area contributed by atoms with Gasteiger partial charge in [-0.15, -0.1) is 0 Å². The SMILES string of the molecule is COCc1ccc(C(NC(=O)N2CC(O)C2)C(=O)Cc2ccc(C(C)(C)C)c(C#N)c2)cc1. The second kappa shape index (κ2) is 10.2. The van der Waals surface area contributed by atoms with Gasteiger partial charge in [0.25, 0.3) is 0 Å². The summed E-state index contributed by atoms with van der Waals surface area (Å²) in [6.07, 6.45) is -0.448. The number of β-amino-alcohol motifs (C(OH)–C–C–N with tert-alkyl or cyclic N) is 1. The van der Waals surface area contributed by atoms with Gasteiger partial charge in [-0.2, -0.15) is 5.26 Å². The molecule has 7 heteroatoms. The van der Waals surface area contributed by atoms with Crippen LogP contribution in [-0.2, 0) is 28.0 Å². The zero-order valence-electron chi connectivity index (χ0n) is 19.6. The maximum Gasteiger partial charge on any atom is 0.318 e. The summed E-state index contributed by atoms with van der Waals surface area (Å²) in [6, 6.07) is 13.9. The summed E-state index contributed by atoms with van der Waals surface area (Å²) in [6.45, 7) is 7.07. The molecular formula is C26H31N3O4. The topological polar surface area (TPSA) is 103 Å². The second-order valence-electron chi connectivity index (χ2n) is 9.50. The maximum absolute atomic E-state index is 13.3. The van der Waals surface area contributed by atoms with Crippen LogP contribution in [0.2, 0.25) is 0 Å². The minimum Gasteiger partial charge on any atom is -0.389 e. The quantitative estimate of drug-likeness (QED) is 0.676. The zero-order chi connectivity index (χ0) is 24.2. The molecule has 1 aliphatic rings. The van der Waals surface area contributed by atoms with Crippen LogP contribution in [0.3, 0.4) is 0 Å². The van der Waals surface area contributed by atoms with Crippen LogP contribution in [-0.4, -0.2) is 48.1 Å². The van der Waals surface area contributed by atoms with Crippen LogP contribution >= 0.6 is 0 Å². The number of nitriles is 1. The number of likely N-dealkylation sites (tertiary alicyclic amines) is 1. The number of aliphatic hydroxyl groups excluding tert-OH is 1. The number of hydrogen-bond donors (Lipinski definition) is 2. The number of urea groups is 1. The van der Waals surface area contributed by atoms with Crippen molar-refractivity contribution in [2.24, 2.45) is 0 Å². The summed E-state index contributed by atoms with van der Waals surface area (Å²) in [5.41, 5.74) is 3.64. The molecule has 1 atom stereocenters. The van der Waals surface area contributed by atoms with Gasteiger partial charge in [0.05, 0.1) is 37.4 Å². The number of rotatable bonds is 7. The number of ether oxygens (including phenoxy) is 1. The lowest BCUT2D eigenvalue weighted by Gasteiger charge is -2.36. The lowest BCUT2D eigenvalue weighted by molar-refractivity contribution is -0.120. The number of nitrogens with one attached hydrogen (secondary N) is 1. The fourth-order valence-electron chi connectivity index (χ4n) is 3.91. The van der Waals surface area contributed by atoms with E-state index in [2.05, 4.69) is 11.4 Å². The minimum atomic E-state index is -0.848. The number of benzene rings is 2. The molecule has 3 rings (SSSR count). The van der Waals surface area contributed by atoms with E-state index in [0.29, 0.717) is 17.7 Å². The van der Waals surface area contributed by atoms with Gasteiger partial charge in [-0.1, -0.05) is 57.2 Å². The number of hydrogen-bond acceptors (Lipinski definition) is 5. The molecule has 0 aromatic heterocycles. The first kappa shape index (κ1) is 24.4. The van der Waals surface area contributed by atoms with Crippen LogP contribution in [0.5, 0.6) is 0 Å². The lowest BCUT2D eigenvalue weighted by Crippen LogP contribution is -2.57. The number of Topliss-reactive ketones (excluding diaryl/α,β-unsaturated/α-hetero) is 1. The molecule has 1 heterocycles.